The summed E-state index contributed by atoms with van der Waals surface area (Å²) in [5.74, 6) is 0.456. The fraction of sp³-hybridized carbons (Fsp3) is 0.600. The summed E-state index contributed by atoms with van der Waals surface area (Å²) in [5.41, 5.74) is 0. The fourth-order valence-electron chi connectivity index (χ4n) is 2.91. The number of nitrogens with zero attached hydrogens (tertiary/aromatic N) is 1. The molecule has 0 spiro atoms. The highest BCUT2D eigenvalue weighted by Gasteiger charge is 2.44. The molecule has 5 heteroatoms. The molecule has 3 rings (SSSR count). The second-order valence-electron chi connectivity index (χ2n) is 5.67. The number of thiophene rings is 1. The first kappa shape index (κ1) is 13.6. The molecule has 1 saturated carbocycles. The Hall–Kier alpha value is -1.36. The molecule has 2 amide bonds. The van der Waals surface area contributed by atoms with Gasteiger partial charge < -0.3 is 10.2 Å². The standard InChI is InChI=1S/C15H20N2O2S/c1-2-4-11(12-5-3-8-20-12)17-9-13(18)16-14(15(17)19)10-6-7-10/h3,5,8,10-11,14H,2,4,6-7,9H2,1H3,(H,16,18). The Morgan fingerprint density at radius 3 is 2.85 bits per heavy atom. The first-order valence-corrected chi connectivity index (χ1v) is 8.22. The monoisotopic (exact) mass is 292 g/mol. The lowest BCUT2D eigenvalue weighted by molar-refractivity contribution is -0.147. The molecule has 1 aliphatic heterocycles. The van der Waals surface area contributed by atoms with Crippen molar-refractivity contribution < 1.29 is 9.59 Å². The molecule has 0 bridgehead atoms. The lowest BCUT2D eigenvalue weighted by atomic mass is 10.0. The van der Waals surface area contributed by atoms with Crippen LogP contribution in [0.15, 0.2) is 17.5 Å². The van der Waals surface area contributed by atoms with Crippen molar-refractivity contribution in [3.05, 3.63) is 22.4 Å². The lowest BCUT2D eigenvalue weighted by Gasteiger charge is -2.37. The number of hydrogen-bond acceptors (Lipinski definition) is 3. The third-order valence-corrected chi connectivity index (χ3v) is 5.06. The molecule has 1 aromatic rings. The van der Waals surface area contributed by atoms with Crippen LogP contribution in [0.2, 0.25) is 0 Å². The molecule has 1 aliphatic carbocycles. The van der Waals surface area contributed by atoms with Crippen LogP contribution in [-0.2, 0) is 9.59 Å². The third-order valence-electron chi connectivity index (χ3n) is 4.08. The van der Waals surface area contributed by atoms with Crippen LogP contribution in [-0.4, -0.2) is 29.3 Å². The van der Waals surface area contributed by atoms with E-state index in [0.29, 0.717) is 5.92 Å². The maximum absolute atomic E-state index is 12.7. The second kappa shape index (κ2) is 5.56. The minimum atomic E-state index is -0.282. The molecule has 2 aliphatic rings. The van der Waals surface area contributed by atoms with Gasteiger partial charge in [-0.3, -0.25) is 9.59 Å². The Labute approximate surface area is 123 Å². The van der Waals surface area contributed by atoms with Gasteiger partial charge in [-0.15, -0.1) is 11.3 Å². The van der Waals surface area contributed by atoms with Crippen molar-refractivity contribution in [2.75, 3.05) is 6.54 Å². The predicted octanol–water partition coefficient (Wildman–Crippen LogP) is 2.33. The quantitative estimate of drug-likeness (QED) is 0.905. The fourth-order valence-corrected chi connectivity index (χ4v) is 3.78. The van der Waals surface area contributed by atoms with E-state index in [4.69, 9.17) is 0 Å². The Morgan fingerprint density at radius 1 is 1.45 bits per heavy atom. The van der Waals surface area contributed by atoms with Gasteiger partial charge in [0.25, 0.3) is 0 Å². The molecule has 1 saturated heterocycles. The van der Waals surface area contributed by atoms with Gasteiger partial charge in [0.1, 0.15) is 12.6 Å². The van der Waals surface area contributed by atoms with Crippen molar-refractivity contribution >= 4 is 23.2 Å². The van der Waals surface area contributed by atoms with E-state index in [1.54, 1.807) is 16.2 Å². The zero-order valence-corrected chi connectivity index (χ0v) is 12.5. The van der Waals surface area contributed by atoms with Gasteiger partial charge in [0.15, 0.2) is 0 Å². The first-order chi connectivity index (χ1) is 9.70. The highest BCUT2D eigenvalue weighted by atomic mass is 32.1. The molecular formula is C15H20N2O2S. The van der Waals surface area contributed by atoms with Crippen LogP contribution in [0, 0.1) is 5.92 Å². The molecule has 2 atom stereocenters. The summed E-state index contributed by atoms with van der Waals surface area (Å²) < 4.78 is 0. The SMILES string of the molecule is CCCC(c1cccs1)N1CC(=O)NC(C2CC2)C1=O. The minimum Gasteiger partial charge on any atom is -0.342 e. The topological polar surface area (TPSA) is 49.4 Å². The third kappa shape index (κ3) is 2.59. The molecule has 4 nitrogen and oxygen atoms in total. The molecule has 108 valence electrons. The summed E-state index contributed by atoms with van der Waals surface area (Å²) in [6, 6.07) is 3.85. The van der Waals surface area contributed by atoms with Crippen LogP contribution < -0.4 is 5.32 Å². The Balaban J connectivity index is 1.84. The molecule has 20 heavy (non-hydrogen) atoms. The number of carbonyl (C=O) groups is 2. The summed E-state index contributed by atoms with van der Waals surface area (Å²) in [4.78, 5) is 27.6. The number of piperazine rings is 1. The Bertz CT molecular complexity index is 496. The van der Waals surface area contributed by atoms with E-state index in [-0.39, 0.29) is 30.4 Å². The van der Waals surface area contributed by atoms with E-state index in [0.717, 1.165) is 25.7 Å². The largest absolute Gasteiger partial charge is 0.342 e. The Morgan fingerprint density at radius 2 is 2.25 bits per heavy atom. The van der Waals surface area contributed by atoms with Gasteiger partial charge in [0, 0.05) is 4.88 Å². The van der Waals surface area contributed by atoms with Gasteiger partial charge in [-0.05, 0) is 36.6 Å². The normalized spacial score (nSPS) is 24.6. The van der Waals surface area contributed by atoms with Crippen LogP contribution in [0.5, 0.6) is 0 Å². The number of carbonyl (C=O) groups excluding carboxylic acids is 2. The summed E-state index contributed by atoms with van der Waals surface area (Å²) in [6.07, 6.45) is 4.03. The second-order valence-corrected chi connectivity index (χ2v) is 6.65. The van der Waals surface area contributed by atoms with Crippen molar-refractivity contribution in [3.8, 4) is 0 Å². The van der Waals surface area contributed by atoms with Crippen molar-refractivity contribution in [2.45, 2.75) is 44.7 Å². The maximum atomic E-state index is 12.7. The van der Waals surface area contributed by atoms with Gasteiger partial charge in [-0.1, -0.05) is 19.4 Å². The van der Waals surface area contributed by atoms with Crippen molar-refractivity contribution in [1.29, 1.82) is 0 Å². The molecule has 1 aromatic heterocycles. The maximum Gasteiger partial charge on any atom is 0.246 e. The first-order valence-electron chi connectivity index (χ1n) is 7.34. The molecule has 2 fully saturated rings. The smallest absolute Gasteiger partial charge is 0.246 e. The van der Waals surface area contributed by atoms with Crippen LogP contribution >= 0.6 is 11.3 Å². The number of rotatable bonds is 5. The summed E-state index contributed by atoms with van der Waals surface area (Å²) >= 11 is 1.67. The number of hydrogen-bond donors (Lipinski definition) is 1. The van der Waals surface area contributed by atoms with Gasteiger partial charge >= 0.3 is 0 Å². The number of nitrogens with one attached hydrogen (secondary N) is 1. The average Bonchev–Trinajstić information content (AvgIpc) is 3.14. The average molecular weight is 292 g/mol. The summed E-state index contributed by atoms with van der Waals surface area (Å²) in [7, 11) is 0. The van der Waals surface area contributed by atoms with E-state index in [1.165, 1.54) is 4.88 Å². The molecule has 1 N–H and O–H groups in total. The molecule has 2 unspecified atom stereocenters. The van der Waals surface area contributed by atoms with Crippen LogP contribution in [0.3, 0.4) is 0 Å². The van der Waals surface area contributed by atoms with Gasteiger partial charge in [0.05, 0.1) is 6.04 Å². The Kier molecular flexibility index (Phi) is 3.78. The van der Waals surface area contributed by atoms with Gasteiger partial charge in [0.2, 0.25) is 11.8 Å². The van der Waals surface area contributed by atoms with Crippen molar-refractivity contribution in [3.63, 3.8) is 0 Å². The molecule has 2 heterocycles. The predicted molar refractivity (Wildman–Crippen MR) is 78.3 cm³/mol. The highest BCUT2D eigenvalue weighted by molar-refractivity contribution is 7.10. The number of amides is 2. The zero-order chi connectivity index (χ0) is 14.1. The highest BCUT2D eigenvalue weighted by Crippen LogP contribution is 2.37. The van der Waals surface area contributed by atoms with Crippen LogP contribution in [0.4, 0.5) is 0 Å². The lowest BCUT2D eigenvalue weighted by Crippen LogP contribution is -2.59. The van der Waals surface area contributed by atoms with Gasteiger partial charge in [-0.2, -0.15) is 0 Å². The molecular weight excluding hydrogens is 272 g/mol. The van der Waals surface area contributed by atoms with E-state index >= 15 is 0 Å². The summed E-state index contributed by atoms with van der Waals surface area (Å²) in [6.45, 7) is 2.32. The van der Waals surface area contributed by atoms with E-state index in [2.05, 4.69) is 18.3 Å². The summed E-state index contributed by atoms with van der Waals surface area (Å²) in [5, 5.41) is 4.91. The van der Waals surface area contributed by atoms with E-state index < -0.39 is 0 Å². The van der Waals surface area contributed by atoms with Crippen LogP contribution in [0.25, 0.3) is 0 Å². The van der Waals surface area contributed by atoms with Crippen molar-refractivity contribution in [1.82, 2.24) is 10.2 Å². The molecule has 0 aromatic carbocycles. The van der Waals surface area contributed by atoms with Gasteiger partial charge in [-0.25, -0.2) is 0 Å². The van der Waals surface area contributed by atoms with E-state index in [9.17, 15) is 9.59 Å². The van der Waals surface area contributed by atoms with Crippen molar-refractivity contribution in [2.24, 2.45) is 5.92 Å². The molecule has 0 radical (unpaired) electrons. The minimum absolute atomic E-state index is 0.0147. The zero-order valence-electron chi connectivity index (χ0n) is 11.7. The van der Waals surface area contributed by atoms with Crippen LogP contribution in [0.1, 0.15) is 43.5 Å². The van der Waals surface area contributed by atoms with E-state index in [1.807, 2.05) is 11.4 Å².